The largest absolute Gasteiger partial charge is 0.378 e. The maximum atomic E-state index is 12.4. The molecular formula is C17H34IN5O2S. The number of piperazine rings is 1. The Morgan fingerprint density at radius 3 is 2.27 bits per heavy atom. The van der Waals surface area contributed by atoms with Gasteiger partial charge < -0.3 is 19.9 Å². The first kappa shape index (κ1) is 23.8. The summed E-state index contributed by atoms with van der Waals surface area (Å²) in [5.74, 6) is 1.18. The molecule has 152 valence electrons. The van der Waals surface area contributed by atoms with E-state index in [1.165, 1.54) is 0 Å². The molecule has 0 saturated carbocycles. The monoisotopic (exact) mass is 499 g/mol. The number of aliphatic imine (C=N–C) groups is 1. The van der Waals surface area contributed by atoms with Crippen LogP contribution in [-0.2, 0) is 9.53 Å². The molecule has 2 rings (SSSR count). The summed E-state index contributed by atoms with van der Waals surface area (Å²) in [4.78, 5) is 23.2. The highest BCUT2D eigenvalue weighted by Crippen LogP contribution is 2.19. The molecule has 0 atom stereocenters. The van der Waals surface area contributed by atoms with Gasteiger partial charge in [0.1, 0.15) is 0 Å². The quantitative estimate of drug-likeness (QED) is 0.343. The van der Waals surface area contributed by atoms with Crippen molar-refractivity contribution in [2.45, 2.75) is 18.6 Å². The zero-order chi connectivity index (χ0) is 18.3. The molecule has 26 heavy (non-hydrogen) atoms. The van der Waals surface area contributed by atoms with Crippen LogP contribution in [0, 0.1) is 0 Å². The third kappa shape index (κ3) is 7.40. The van der Waals surface area contributed by atoms with Crippen molar-refractivity contribution in [3.05, 3.63) is 0 Å². The number of nitrogens with zero attached hydrogens (tertiary/aromatic N) is 4. The molecule has 0 radical (unpaired) electrons. The van der Waals surface area contributed by atoms with E-state index in [2.05, 4.69) is 40.2 Å². The molecule has 0 aromatic rings. The van der Waals surface area contributed by atoms with Crippen LogP contribution < -0.4 is 5.32 Å². The Hall–Kier alpha value is -0.260. The number of carbonyl (C=O) groups is 1. The van der Waals surface area contributed by atoms with Crippen LogP contribution in [0.15, 0.2) is 4.99 Å². The second-order valence-electron chi connectivity index (χ2n) is 7.12. The molecule has 2 aliphatic rings. The van der Waals surface area contributed by atoms with E-state index in [4.69, 9.17) is 4.74 Å². The topological polar surface area (TPSA) is 60.4 Å². The Labute approximate surface area is 179 Å². The molecule has 0 aliphatic carbocycles. The van der Waals surface area contributed by atoms with Gasteiger partial charge in [-0.15, -0.1) is 24.0 Å². The molecular weight excluding hydrogens is 465 g/mol. The van der Waals surface area contributed by atoms with Crippen LogP contribution in [-0.4, -0.2) is 110 Å². The van der Waals surface area contributed by atoms with Gasteiger partial charge in [0.25, 0.3) is 0 Å². The number of amides is 1. The first-order valence-corrected chi connectivity index (χ1v) is 10.3. The van der Waals surface area contributed by atoms with Crippen LogP contribution in [0.25, 0.3) is 0 Å². The molecule has 7 nitrogen and oxygen atoms in total. The summed E-state index contributed by atoms with van der Waals surface area (Å²) in [7, 11) is 1.84. The first-order chi connectivity index (χ1) is 11.9. The van der Waals surface area contributed by atoms with E-state index in [0.717, 1.165) is 51.8 Å². The average molecular weight is 499 g/mol. The summed E-state index contributed by atoms with van der Waals surface area (Å²) in [6.45, 7) is 12.2. The third-order valence-corrected chi connectivity index (χ3v) is 6.08. The minimum absolute atomic E-state index is 0. The Morgan fingerprint density at radius 1 is 1.12 bits per heavy atom. The summed E-state index contributed by atoms with van der Waals surface area (Å²) < 4.78 is 5.49. The summed E-state index contributed by atoms with van der Waals surface area (Å²) in [5, 5.41) is 3.49. The number of ether oxygens (including phenoxy) is 1. The lowest BCUT2D eigenvalue weighted by Gasteiger charge is -2.38. The van der Waals surface area contributed by atoms with E-state index in [-0.39, 0.29) is 34.6 Å². The van der Waals surface area contributed by atoms with Crippen molar-refractivity contribution in [3.8, 4) is 0 Å². The standard InChI is InChI=1S/C17H33N5O2S.HI/c1-17(2,25-4)14-19-16(18-3)22-7-5-20(6-8-22)13-15(23)21-9-11-24-12-10-21;/h5-14H2,1-4H3,(H,18,19);1H. The van der Waals surface area contributed by atoms with Gasteiger partial charge in [0.05, 0.1) is 19.8 Å². The fraction of sp³-hybridized carbons (Fsp3) is 0.882. The average Bonchev–Trinajstić information content (AvgIpc) is 2.64. The molecule has 0 unspecified atom stereocenters. The van der Waals surface area contributed by atoms with Gasteiger partial charge in [-0.25, -0.2) is 0 Å². The Bertz CT molecular complexity index is 464. The maximum absolute atomic E-state index is 12.4. The van der Waals surface area contributed by atoms with Gasteiger partial charge in [-0.1, -0.05) is 0 Å². The molecule has 0 aromatic carbocycles. The Balaban J connectivity index is 0.00000338. The van der Waals surface area contributed by atoms with Crippen molar-refractivity contribution in [2.24, 2.45) is 4.99 Å². The number of halogens is 1. The van der Waals surface area contributed by atoms with Crippen LogP contribution in [0.3, 0.4) is 0 Å². The molecule has 2 aliphatic heterocycles. The molecule has 0 bridgehead atoms. The van der Waals surface area contributed by atoms with Crippen LogP contribution >= 0.6 is 35.7 Å². The lowest BCUT2D eigenvalue weighted by Crippen LogP contribution is -2.55. The number of carbonyl (C=O) groups excluding carboxylic acids is 1. The highest BCUT2D eigenvalue weighted by Gasteiger charge is 2.25. The fourth-order valence-corrected chi connectivity index (χ4v) is 3.13. The van der Waals surface area contributed by atoms with Gasteiger partial charge >= 0.3 is 0 Å². The number of hydrogen-bond acceptors (Lipinski definition) is 5. The van der Waals surface area contributed by atoms with Crippen molar-refractivity contribution in [1.29, 1.82) is 0 Å². The predicted octanol–water partition coefficient (Wildman–Crippen LogP) is 0.798. The van der Waals surface area contributed by atoms with Crippen molar-refractivity contribution >= 4 is 47.6 Å². The summed E-state index contributed by atoms with van der Waals surface area (Å²) in [6.07, 6.45) is 2.13. The van der Waals surface area contributed by atoms with Crippen LogP contribution in [0.1, 0.15) is 13.8 Å². The van der Waals surface area contributed by atoms with E-state index >= 15 is 0 Å². The zero-order valence-electron chi connectivity index (χ0n) is 16.5. The van der Waals surface area contributed by atoms with Gasteiger partial charge in [-0.2, -0.15) is 11.8 Å². The lowest BCUT2D eigenvalue weighted by atomic mass is 10.2. The van der Waals surface area contributed by atoms with Crippen LogP contribution in [0.5, 0.6) is 0 Å². The molecule has 0 aromatic heterocycles. The van der Waals surface area contributed by atoms with E-state index in [1.807, 2.05) is 23.7 Å². The van der Waals surface area contributed by atoms with Gasteiger partial charge in [0, 0.05) is 57.6 Å². The highest BCUT2D eigenvalue weighted by atomic mass is 127. The number of nitrogens with one attached hydrogen (secondary N) is 1. The lowest BCUT2D eigenvalue weighted by molar-refractivity contribution is -0.136. The smallest absolute Gasteiger partial charge is 0.236 e. The molecule has 2 fully saturated rings. The molecule has 2 heterocycles. The molecule has 9 heteroatoms. The highest BCUT2D eigenvalue weighted by molar-refractivity contribution is 14.0. The van der Waals surface area contributed by atoms with E-state index < -0.39 is 0 Å². The van der Waals surface area contributed by atoms with Crippen molar-refractivity contribution in [2.75, 3.05) is 78.9 Å². The number of morpholine rings is 1. The van der Waals surface area contributed by atoms with E-state index in [1.54, 1.807) is 0 Å². The van der Waals surface area contributed by atoms with Gasteiger partial charge in [-0.3, -0.25) is 14.7 Å². The Morgan fingerprint density at radius 2 is 1.73 bits per heavy atom. The summed E-state index contributed by atoms with van der Waals surface area (Å²) >= 11 is 1.85. The van der Waals surface area contributed by atoms with Gasteiger partial charge in [-0.05, 0) is 20.1 Å². The van der Waals surface area contributed by atoms with Crippen molar-refractivity contribution in [1.82, 2.24) is 20.0 Å². The Kier molecular flexibility index (Phi) is 10.6. The predicted molar refractivity (Wildman–Crippen MR) is 120 cm³/mol. The number of hydrogen-bond donors (Lipinski definition) is 1. The van der Waals surface area contributed by atoms with Crippen molar-refractivity contribution < 1.29 is 9.53 Å². The summed E-state index contributed by atoms with van der Waals surface area (Å²) in [6, 6.07) is 0. The normalized spacial score (nSPS) is 19.9. The van der Waals surface area contributed by atoms with E-state index in [0.29, 0.717) is 19.8 Å². The van der Waals surface area contributed by atoms with E-state index in [9.17, 15) is 4.79 Å². The first-order valence-electron chi connectivity index (χ1n) is 9.04. The third-order valence-electron chi connectivity index (χ3n) is 4.83. The van der Waals surface area contributed by atoms with Gasteiger partial charge in [0.2, 0.25) is 5.91 Å². The molecule has 1 N–H and O–H groups in total. The van der Waals surface area contributed by atoms with Crippen LogP contribution in [0.4, 0.5) is 0 Å². The number of thioether (sulfide) groups is 1. The molecule has 2 saturated heterocycles. The minimum Gasteiger partial charge on any atom is -0.378 e. The SMILES string of the molecule is CN=C(NCC(C)(C)SC)N1CCN(CC(=O)N2CCOCC2)CC1.I. The minimum atomic E-state index is 0. The second-order valence-corrected chi connectivity index (χ2v) is 8.63. The second kappa shape index (κ2) is 11.6. The maximum Gasteiger partial charge on any atom is 0.236 e. The van der Waals surface area contributed by atoms with Gasteiger partial charge in [0.15, 0.2) is 5.96 Å². The number of guanidine groups is 1. The summed E-state index contributed by atoms with van der Waals surface area (Å²) in [5.41, 5.74) is 0. The van der Waals surface area contributed by atoms with Crippen molar-refractivity contribution in [3.63, 3.8) is 0 Å². The molecule has 0 spiro atoms. The molecule has 1 amide bonds. The fourth-order valence-electron chi connectivity index (χ4n) is 2.92. The zero-order valence-corrected chi connectivity index (χ0v) is 19.6. The number of rotatable bonds is 5. The van der Waals surface area contributed by atoms with Crippen LogP contribution in [0.2, 0.25) is 0 Å².